The molecule has 16 heavy (non-hydrogen) atoms. The maximum atomic E-state index is 13.4. The Bertz CT molecular complexity index is 337. The van der Waals surface area contributed by atoms with Crippen LogP contribution in [0, 0.1) is 11.7 Å². The minimum Gasteiger partial charge on any atom is -0.371 e. The third kappa shape index (κ3) is 3.49. The van der Waals surface area contributed by atoms with Crippen molar-refractivity contribution in [1.29, 1.82) is 0 Å². The lowest BCUT2D eigenvalue weighted by Crippen LogP contribution is -2.27. The molecule has 3 heteroatoms. The third-order valence-corrected chi connectivity index (χ3v) is 2.51. The van der Waals surface area contributed by atoms with Gasteiger partial charge in [0.15, 0.2) is 0 Å². The molecule has 0 unspecified atom stereocenters. The van der Waals surface area contributed by atoms with E-state index in [1.54, 1.807) is 6.07 Å². The second kappa shape index (κ2) is 5.85. The molecule has 1 aromatic carbocycles. The fourth-order valence-electron chi connectivity index (χ4n) is 1.79. The third-order valence-electron chi connectivity index (χ3n) is 2.51. The fourth-order valence-corrected chi connectivity index (χ4v) is 1.79. The summed E-state index contributed by atoms with van der Waals surface area (Å²) in [7, 11) is 0. The van der Waals surface area contributed by atoms with Crippen molar-refractivity contribution in [3.63, 3.8) is 0 Å². The zero-order valence-electron chi connectivity index (χ0n) is 10.3. The second-order valence-corrected chi connectivity index (χ2v) is 4.45. The Balaban J connectivity index is 2.95. The molecule has 1 rings (SSSR count). The molecule has 0 saturated heterocycles. The van der Waals surface area contributed by atoms with Crippen molar-refractivity contribution in [3.8, 4) is 0 Å². The predicted octanol–water partition coefficient (Wildman–Crippen LogP) is 2.77. The van der Waals surface area contributed by atoms with Crippen LogP contribution in [0.3, 0.4) is 0 Å². The van der Waals surface area contributed by atoms with Gasteiger partial charge >= 0.3 is 0 Å². The molecule has 0 aliphatic heterocycles. The molecule has 0 aliphatic rings. The molecule has 1 aromatic rings. The molecular formula is C13H21FN2. The van der Waals surface area contributed by atoms with Gasteiger partial charge in [0, 0.05) is 25.3 Å². The van der Waals surface area contributed by atoms with Gasteiger partial charge in [-0.2, -0.15) is 0 Å². The molecule has 0 spiro atoms. The summed E-state index contributed by atoms with van der Waals surface area (Å²) in [5, 5.41) is 0. The van der Waals surface area contributed by atoms with E-state index in [-0.39, 0.29) is 5.82 Å². The maximum absolute atomic E-state index is 13.4. The highest BCUT2D eigenvalue weighted by molar-refractivity contribution is 5.49. The molecule has 2 N–H and O–H groups in total. The first-order valence-electron chi connectivity index (χ1n) is 5.81. The number of nitrogens with two attached hydrogens (primary N) is 1. The Labute approximate surface area is 97.3 Å². The Morgan fingerprint density at radius 3 is 2.50 bits per heavy atom. The van der Waals surface area contributed by atoms with E-state index in [0.717, 1.165) is 24.3 Å². The minimum absolute atomic E-state index is 0.208. The average Bonchev–Trinajstić information content (AvgIpc) is 2.24. The summed E-state index contributed by atoms with van der Waals surface area (Å²) in [5.74, 6) is 0.352. The highest BCUT2D eigenvalue weighted by atomic mass is 19.1. The summed E-state index contributed by atoms with van der Waals surface area (Å²) in [5.41, 5.74) is 7.32. The number of hydrogen-bond donors (Lipinski definition) is 1. The van der Waals surface area contributed by atoms with Crippen LogP contribution in [0.15, 0.2) is 18.2 Å². The van der Waals surface area contributed by atoms with Gasteiger partial charge < -0.3 is 10.6 Å². The van der Waals surface area contributed by atoms with Crippen molar-refractivity contribution in [2.24, 2.45) is 11.7 Å². The van der Waals surface area contributed by atoms with E-state index in [9.17, 15) is 4.39 Å². The Hall–Kier alpha value is -1.09. The predicted molar refractivity (Wildman–Crippen MR) is 67.0 cm³/mol. The Kier molecular flexibility index (Phi) is 4.74. The summed E-state index contributed by atoms with van der Waals surface area (Å²) in [4.78, 5) is 2.17. The lowest BCUT2D eigenvalue weighted by Gasteiger charge is -2.25. The van der Waals surface area contributed by atoms with E-state index < -0.39 is 0 Å². The van der Waals surface area contributed by atoms with E-state index in [1.807, 2.05) is 6.07 Å². The van der Waals surface area contributed by atoms with Crippen LogP contribution in [0.2, 0.25) is 0 Å². The van der Waals surface area contributed by atoms with Crippen LogP contribution in [0.5, 0.6) is 0 Å². The minimum atomic E-state index is -0.208. The fraction of sp³-hybridized carbons (Fsp3) is 0.538. The van der Waals surface area contributed by atoms with Crippen molar-refractivity contribution in [2.75, 3.05) is 18.0 Å². The first-order chi connectivity index (χ1) is 7.56. The molecule has 0 bridgehead atoms. The molecule has 90 valence electrons. The standard InChI is InChI=1S/C13H21FN2/c1-4-16(9-10(2)3)13-6-11(8-15)5-12(14)7-13/h5-7,10H,4,8-9,15H2,1-3H3. The van der Waals surface area contributed by atoms with Crippen molar-refractivity contribution in [3.05, 3.63) is 29.6 Å². The summed E-state index contributed by atoms with van der Waals surface area (Å²) >= 11 is 0. The summed E-state index contributed by atoms with van der Waals surface area (Å²) in [6.45, 7) is 8.59. The highest BCUT2D eigenvalue weighted by Crippen LogP contribution is 2.19. The quantitative estimate of drug-likeness (QED) is 0.833. The first kappa shape index (κ1) is 13.0. The molecule has 0 atom stereocenters. The first-order valence-corrected chi connectivity index (χ1v) is 5.81. The van der Waals surface area contributed by atoms with Crippen LogP contribution in [0.1, 0.15) is 26.3 Å². The molecule has 0 amide bonds. The van der Waals surface area contributed by atoms with Crippen molar-refractivity contribution in [2.45, 2.75) is 27.3 Å². The van der Waals surface area contributed by atoms with Crippen LogP contribution in [-0.2, 0) is 6.54 Å². The largest absolute Gasteiger partial charge is 0.371 e. The lowest BCUT2D eigenvalue weighted by molar-refractivity contribution is 0.607. The summed E-state index contributed by atoms with van der Waals surface area (Å²) in [6.07, 6.45) is 0. The molecule has 0 aliphatic carbocycles. The van der Waals surface area contributed by atoms with E-state index in [2.05, 4.69) is 25.7 Å². The van der Waals surface area contributed by atoms with E-state index in [1.165, 1.54) is 6.07 Å². The smallest absolute Gasteiger partial charge is 0.125 e. The maximum Gasteiger partial charge on any atom is 0.125 e. The van der Waals surface area contributed by atoms with Gasteiger partial charge in [0.25, 0.3) is 0 Å². The van der Waals surface area contributed by atoms with Gasteiger partial charge in [0.05, 0.1) is 0 Å². The van der Waals surface area contributed by atoms with Crippen LogP contribution >= 0.6 is 0 Å². The van der Waals surface area contributed by atoms with Gasteiger partial charge in [-0.1, -0.05) is 13.8 Å². The Morgan fingerprint density at radius 1 is 1.31 bits per heavy atom. The average molecular weight is 224 g/mol. The normalized spacial score (nSPS) is 10.9. The van der Waals surface area contributed by atoms with E-state index >= 15 is 0 Å². The second-order valence-electron chi connectivity index (χ2n) is 4.45. The van der Waals surface area contributed by atoms with Crippen molar-refractivity contribution in [1.82, 2.24) is 0 Å². The van der Waals surface area contributed by atoms with Crippen molar-refractivity contribution < 1.29 is 4.39 Å². The molecular weight excluding hydrogens is 203 g/mol. The van der Waals surface area contributed by atoms with Gasteiger partial charge in [0.1, 0.15) is 5.82 Å². The van der Waals surface area contributed by atoms with Crippen LogP contribution in [-0.4, -0.2) is 13.1 Å². The van der Waals surface area contributed by atoms with Crippen LogP contribution in [0.25, 0.3) is 0 Å². The number of rotatable bonds is 5. The molecule has 2 nitrogen and oxygen atoms in total. The number of halogens is 1. The van der Waals surface area contributed by atoms with Crippen molar-refractivity contribution >= 4 is 5.69 Å². The van der Waals surface area contributed by atoms with Crippen LogP contribution < -0.4 is 10.6 Å². The van der Waals surface area contributed by atoms with Gasteiger partial charge in [-0.15, -0.1) is 0 Å². The molecule has 0 heterocycles. The van der Waals surface area contributed by atoms with Gasteiger partial charge in [-0.05, 0) is 36.6 Å². The topological polar surface area (TPSA) is 29.3 Å². The zero-order valence-corrected chi connectivity index (χ0v) is 10.3. The van der Waals surface area contributed by atoms with E-state index in [4.69, 9.17) is 5.73 Å². The van der Waals surface area contributed by atoms with Gasteiger partial charge in [0.2, 0.25) is 0 Å². The zero-order chi connectivity index (χ0) is 12.1. The van der Waals surface area contributed by atoms with Gasteiger partial charge in [-0.25, -0.2) is 4.39 Å². The highest BCUT2D eigenvalue weighted by Gasteiger charge is 2.08. The van der Waals surface area contributed by atoms with Crippen LogP contribution in [0.4, 0.5) is 10.1 Å². The SMILES string of the molecule is CCN(CC(C)C)c1cc(F)cc(CN)c1. The molecule has 0 saturated carbocycles. The number of anilines is 1. The number of nitrogens with zero attached hydrogens (tertiary/aromatic N) is 1. The lowest BCUT2D eigenvalue weighted by atomic mass is 10.1. The monoisotopic (exact) mass is 224 g/mol. The Morgan fingerprint density at radius 2 is 2.00 bits per heavy atom. The molecule has 0 aromatic heterocycles. The molecule has 0 radical (unpaired) electrons. The van der Waals surface area contributed by atoms with Gasteiger partial charge in [-0.3, -0.25) is 0 Å². The van der Waals surface area contributed by atoms with E-state index in [0.29, 0.717) is 12.5 Å². The number of benzene rings is 1. The molecule has 0 fully saturated rings. The summed E-state index contributed by atoms with van der Waals surface area (Å²) in [6, 6.07) is 5.03. The number of hydrogen-bond acceptors (Lipinski definition) is 2. The summed E-state index contributed by atoms with van der Waals surface area (Å²) < 4.78 is 13.4.